The van der Waals surface area contributed by atoms with Crippen molar-refractivity contribution in [3.05, 3.63) is 65.6 Å². The van der Waals surface area contributed by atoms with Crippen molar-refractivity contribution in [1.82, 2.24) is 0 Å². The number of hydrogen-bond acceptors (Lipinski definition) is 3. The average Bonchev–Trinajstić information content (AvgIpc) is 2.87. The molecule has 0 bridgehead atoms. The summed E-state index contributed by atoms with van der Waals surface area (Å²) in [6.45, 7) is 8.31. The Kier molecular flexibility index (Phi) is 4.62. The van der Waals surface area contributed by atoms with Gasteiger partial charge in [0.15, 0.2) is 0 Å². The van der Waals surface area contributed by atoms with Crippen molar-refractivity contribution in [3.63, 3.8) is 0 Å². The van der Waals surface area contributed by atoms with E-state index < -0.39 is 0 Å². The normalized spacial score (nSPS) is 19.1. The third-order valence-electron chi connectivity index (χ3n) is 5.88. The standard InChI is InChI=1S/C23H25BO2S/c1-22(2)23(3,4)26-24(25-22)18(15-27)14-17-13-16-9-5-6-10-19(16)21-12-8-7-11-20(17)21/h5-14,27H,15H2,1-4H3. The number of thiol groups is 1. The van der Waals surface area contributed by atoms with E-state index in [4.69, 9.17) is 9.31 Å². The fourth-order valence-corrected chi connectivity index (χ4v) is 3.83. The quantitative estimate of drug-likeness (QED) is 0.347. The van der Waals surface area contributed by atoms with E-state index in [0.717, 1.165) is 5.47 Å². The van der Waals surface area contributed by atoms with E-state index in [9.17, 15) is 0 Å². The van der Waals surface area contributed by atoms with Gasteiger partial charge in [0, 0.05) is 5.75 Å². The van der Waals surface area contributed by atoms with Crippen LogP contribution in [0.4, 0.5) is 0 Å². The van der Waals surface area contributed by atoms with Crippen LogP contribution in [0.25, 0.3) is 27.6 Å². The molecule has 0 saturated carbocycles. The molecule has 27 heavy (non-hydrogen) atoms. The van der Waals surface area contributed by atoms with E-state index in [2.05, 4.69) is 101 Å². The molecule has 3 aromatic rings. The minimum atomic E-state index is -0.377. The van der Waals surface area contributed by atoms with Crippen molar-refractivity contribution in [2.75, 3.05) is 5.75 Å². The molecule has 138 valence electrons. The Balaban J connectivity index is 1.85. The van der Waals surface area contributed by atoms with Gasteiger partial charge in [0.1, 0.15) is 0 Å². The summed E-state index contributed by atoms with van der Waals surface area (Å²) in [6.07, 6.45) is 2.18. The molecule has 0 N–H and O–H groups in total. The van der Waals surface area contributed by atoms with E-state index in [0.29, 0.717) is 5.75 Å². The predicted octanol–water partition coefficient (Wildman–Crippen LogP) is 5.94. The summed E-state index contributed by atoms with van der Waals surface area (Å²) in [5, 5.41) is 4.99. The zero-order valence-corrected chi connectivity index (χ0v) is 17.2. The number of rotatable bonds is 3. The zero-order chi connectivity index (χ0) is 19.2. The lowest BCUT2D eigenvalue weighted by atomic mass is 9.77. The van der Waals surface area contributed by atoms with Crippen LogP contribution in [0.3, 0.4) is 0 Å². The number of fused-ring (bicyclic) bond motifs is 3. The lowest BCUT2D eigenvalue weighted by Gasteiger charge is -2.32. The summed E-state index contributed by atoms with van der Waals surface area (Å²) in [5.74, 6) is 0.581. The highest BCUT2D eigenvalue weighted by atomic mass is 32.1. The van der Waals surface area contributed by atoms with Gasteiger partial charge in [-0.15, -0.1) is 0 Å². The molecule has 1 saturated heterocycles. The zero-order valence-electron chi connectivity index (χ0n) is 16.3. The van der Waals surface area contributed by atoms with E-state index in [1.807, 2.05) is 0 Å². The van der Waals surface area contributed by atoms with Crippen molar-refractivity contribution in [1.29, 1.82) is 0 Å². The van der Waals surface area contributed by atoms with Crippen LogP contribution in [0.15, 0.2) is 60.1 Å². The molecule has 0 aliphatic carbocycles. The third-order valence-corrected chi connectivity index (χ3v) is 6.24. The van der Waals surface area contributed by atoms with E-state index >= 15 is 0 Å². The molecule has 0 atom stereocenters. The lowest BCUT2D eigenvalue weighted by molar-refractivity contribution is 0.00578. The lowest BCUT2D eigenvalue weighted by Crippen LogP contribution is -2.41. The summed E-state index contributed by atoms with van der Waals surface area (Å²) in [5.41, 5.74) is 1.50. The van der Waals surface area contributed by atoms with Crippen LogP contribution >= 0.6 is 12.6 Å². The van der Waals surface area contributed by atoms with E-state index in [1.165, 1.54) is 27.1 Å². The first kappa shape index (κ1) is 18.6. The molecule has 1 aliphatic heterocycles. The Bertz CT molecular complexity index is 1020. The van der Waals surface area contributed by atoms with Crippen molar-refractivity contribution in [2.24, 2.45) is 0 Å². The molecular formula is C23H25BO2S. The maximum Gasteiger partial charge on any atom is 0.491 e. The predicted molar refractivity (Wildman–Crippen MR) is 119 cm³/mol. The van der Waals surface area contributed by atoms with Gasteiger partial charge in [0.25, 0.3) is 0 Å². The van der Waals surface area contributed by atoms with Crippen LogP contribution in [-0.2, 0) is 9.31 Å². The van der Waals surface area contributed by atoms with Gasteiger partial charge in [0.2, 0.25) is 0 Å². The first-order valence-corrected chi connectivity index (χ1v) is 10.0. The number of benzene rings is 3. The van der Waals surface area contributed by atoms with Gasteiger partial charge in [-0.25, -0.2) is 0 Å². The molecule has 2 nitrogen and oxygen atoms in total. The molecule has 1 heterocycles. The van der Waals surface area contributed by atoms with Crippen molar-refractivity contribution in [2.45, 2.75) is 38.9 Å². The average molecular weight is 376 g/mol. The first-order valence-electron chi connectivity index (χ1n) is 9.40. The topological polar surface area (TPSA) is 18.5 Å². The SMILES string of the molecule is CC1(C)OB(C(=Cc2cc3ccccc3c3ccccc23)CS)OC1(C)C. The van der Waals surface area contributed by atoms with Crippen molar-refractivity contribution >= 4 is 47.4 Å². The molecule has 1 fully saturated rings. The second-order valence-corrected chi connectivity index (χ2v) is 8.51. The second kappa shape index (κ2) is 6.70. The Morgan fingerprint density at radius 2 is 1.44 bits per heavy atom. The van der Waals surface area contributed by atoms with Gasteiger partial charge in [-0.05, 0) is 66.3 Å². The molecule has 0 spiro atoms. The van der Waals surface area contributed by atoms with Crippen molar-refractivity contribution < 1.29 is 9.31 Å². The molecule has 1 aliphatic rings. The summed E-state index contributed by atoms with van der Waals surface area (Å²) >= 11 is 4.57. The highest BCUT2D eigenvalue weighted by Crippen LogP contribution is 2.39. The minimum absolute atomic E-state index is 0.356. The second-order valence-electron chi connectivity index (χ2n) is 8.20. The Labute approximate surface area is 167 Å². The molecule has 0 amide bonds. The van der Waals surface area contributed by atoms with Crippen LogP contribution in [0.1, 0.15) is 33.3 Å². The minimum Gasteiger partial charge on any atom is -0.400 e. The molecule has 0 unspecified atom stereocenters. The highest BCUT2D eigenvalue weighted by molar-refractivity contribution is 7.80. The van der Waals surface area contributed by atoms with Gasteiger partial charge in [-0.3, -0.25) is 0 Å². The Hall–Kier alpha value is -1.75. The van der Waals surface area contributed by atoms with Gasteiger partial charge in [-0.1, -0.05) is 54.6 Å². The maximum atomic E-state index is 6.25. The van der Waals surface area contributed by atoms with Crippen molar-refractivity contribution in [3.8, 4) is 0 Å². The Morgan fingerprint density at radius 3 is 2.07 bits per heavy atom. The van der Waals surface area contributed by atoms with Crippen LogP contribution in [0, 0.1) is 0 Å². The smallest absolute Gasteiger partial charge is 0.400 e. The fourth-order valence-electron chi connectivity index (χ4n) is 3.58. The van der Waals surface area contributed by atoms with Crippen LogP contribution in [0.5, 0.6) is 0 Å². The summed E-state index contributed by atoms with van der Waals surface area (Å²) < 4.78 is 12.5. The van der Waals surface area contributed by atoms with Crippen LogP contribution in [-0.4, -0.2) is 24.1 Å². The van der Waals surface area contributed by atoms with E-state index in [1.54, 1.807) is 0 Å². The largest absolute Gasteiger partial charge is 0.491 e. The first-order chi connectivity index (χ1) is 12.8. The van der Waals surface area contributed by atoms with Gasteiger partial charge >= 0.3 is 7.12 Å². The molecule has 0 aromatic heterocycles. The monoisotopic (exact) mass is 376 g/mol. The fraction of sp³-hybridized carbons (Fsp3) is 0.304. The summed E-state index contributed by atoms with van der Waals surface area (Å²) in [4.78, 5) is 0. The molecule has 4 heteroatoms. The van der Waals surface area contributed by atoms with E-state index in [-0.39, 0.29) is 18.3 Å². The molecular weight excluding hydrogens is 351 g/mol. The van der Waals surface area contributed by atoms with Crippen LogP contribution in [0.2, 0.25) is 0 Å². The number of hydrogen-bond donors (Lipinski definition) is 1. The Morgan fingerprint density at radius 1 is 0.889 bits per heavy atom. The van der Waals surface area contributed by atoms with Gasteiger partial charge < -0.3 is 9.31 Å². The van der Waals surface area contributed by atoms with Gasteiger partial charge in [-0.2, -0.15) is 12.6 Å². The third kappa shape index (κ3) is 3.20. The van der Waals surface area contributed by atoms with Gasteiger partial charge in [0.05, 0.1) is 11.2 Å². The highest BCUT2D eigenvalue weighted by Gasteiger charge is 2.52. The molecule has 3 aromatic carbocycles. The summed E-state index contributed by atoms with van der Waals surface area (Å²) in [7, 11) is -0.377. The molecule has 4 rings (SSSR count). The maximum absolute atomic E-state index is 6.25. The van der Waals surface area contributed by atoms with Crippen LogP contribution < -0.4 is 0 Å². The summed E-state index contributed by atoms with van der Waals surface area (Å²) in [6, 6.07) is 19.3. The molecule has 0 radical (unpaired) electrons.